The summed E-state index contributed by atoms with van der Waals surface area (Å²) in [5.41, 5.74) is 2.67. The molecule has 1 N–H and O–H groups in total. The van der Waals surface area contributed by atoms with Crippen molar-refractivity contribution in [3.05, 3.63) is 83.8 Å². The number of carbonyl (C=O) groups is 1. The first-order chi connectivity index (χ1) is 16.6. The van der Waals surface area contributed by atoms with Gasteiger partial charge in [-0.05, 0) is 30.3 Å². The topological polar surface area (TPSA) is 118 Å². The molecule has 0 radical (unpaired) electrons. The van der Waals surface area contributed by atoms with Crippen LogP contribution in [-0.4, -0.2) is 52.1 Å². The molecular weight excluding hydrogens is 446 g/mol. The van der Waals surface area contributed by atoms with E-state index >= 15 is 0 Å². The van der Waals surface area contributed by atoms with Crippen molar-refractivity contribution >= 4 is 11.4 Å². The lowest BCUT2D eigenvalue weighted by Gasteiger charge is -2.32. The maximum Gasteiger partial charge on any atom is 0.312 e. The van der Waals surface area contributed by atoms with E-state index in [4.69, 9.17) is 4.42 Å². The highest BCUT2D eigenvalue weighted by molar-refractivity contribution is 5.90. The fourth-order valence-electron chi connectivity index (χ4n) is 4.19. The molecule has 0 saturated carbocycles. The molecule has 1 amide bonds. The molecule has 0 aromatic carbocycles. The van der Waals surface area contributed by atoms with Crippen LogP contribution in [0, 0.1) is 0 Å². The zero-order chi connectivity index (χ0) is 23.2. The smallest absolute Gasteiger partial charge is 0.312 e. The monoisotopic (exact) mass is 462 g/mol. The molecule has 0 spiro atoms. The molecule has 5 aromatic rings. The van der Waals surface area contributed by atoms with Gasteiger partial charge >= 0.3 is 11.8 Å². The van der Waals surface area contributed by atoms with E-state index in [1.54, 1.807) is 49.1 Å². The molecule has 0 bridgehead atoms. The average molecular weight is 462 g/mol. The Balaban J connectivity index is 1.42. The van der Waals surface area contributed by atoms with Crippen LogP contribution in [0.2, 0.25) is 0 Å². The fraction of sp³-hybridized carbons (Fsp3) is 0.182. The predicted molar refractivity (Wildman–Crippen MR) is 113 cm³/mol. The number of pyridine rings is 2. The number of amides is 1. The molecule has 12 heteroatoms. The summed E-state index contributed by atoms with van der Waals surface area (Å²) in [7, 11) is 0. The molecule has 170 valence electrons. The molecule has 6 heterocycles. The van der Waals surface area contributed by atoms with Gasteiger partial charge in [-0.25, -0.2) is 18.3 Å². The number of rotatable bonds is 4. The van der Waals surface area contributed by atoms with Crippen molar-refractivity contribution in [2.45, 2.75) is 18.9 Å². The van der Waals surface area contributed by atoms with E-state index in [-0.39, 0.29) is 17.5 Å². The van der Waals surface area contributed by atoms with Gasteiger partial charge in [0.1, 0.15) is 11.7 Å². The number of hydrogen-bond acceptors (Lipinski definition) is 7. The van der Waals surface area contributed by atoms with Gasteiger partial charge in [0.05, 0.1) is 28.8 Å². The number of alkyl halides is 2. The number of nitrogens with zero attached hydrogens (tertiary/aromatic N) is 7. The standard InChI is InChI=1S/C22H16F2N8O2/c23-19(24)16-5-1-4-13-9-15(30-32(13)16)18-17-14(26-11-27-17)6-8-31(18)22(33)21-29-28-20(34-21)12-3-2-7-25-10-12/h1-5,7,9-11,18-19H,6,8H2,(H,26,27)/t18-/m0/s1. The van der Waals surface area contributed by atoms with E-state index in [0.717, 1.165) is 5.69 Å². The number of aromatic nitrogens is 7. The lowest BCUT2D eigenvalue weighted by atomic mass is 9.99. The van der Waals surface area contributed by atoms with Gasteiger partial charge in [-0.1, -0.05) is 6.07 Å². The lowest BCUT2D eigenvalue weighted by Crippen LogP contribution is -2.41. The van der Waals surface area contributed by atoms with E-state index in [1.165, 1.54) is 15.5 Å². The Labute approximate surface area is 190 Å². The molecule has 0 saturated heterocycles. The van der Waals surface area contributed by atoms with Crippen molar-refractivity contribution in [2.24, 2.45) is 0 Å². The summed E-state index contributed by atoms with van der Waals surface area (Å²) in [5, 5.41) is 12.3. The Hall–Kier alpha value is -4.48. The largest absolute Gasteiger partial charge is 0.412 e. The second kappa shape index (κ2) is 7.83. The molecule has 1 aliphatic heterocycles. The first-order valence-electron chi connectivity index (χ1n) is 10.4. The summed E-state index contributed by atoms with van der Waals surface area (Å²) in [6.07, 6.45) is 2.53. The van der Waals surface area contributed by atoms with Gasteiger partial charge in [0.15, 0.2) is 0 Å². The van der Waals surface area contributed by atoms with Crippen molar-refractivity contribution in [1.29, 1.82) is 0 Å². The highest BCUT2D eigenvalue weighted by Gasteiger charge is 2.38. The zero-order valence-corrected chi connectivity index (χ0v) is 17.5. The molecule has 10 nitrogen and oxygen atoms in total. The van der Waals surface area contributed by atoms with Crippen molar-refractivity contribution in [3.63, 3.8) is 0 Å². The van der Waals surface area contributed by atoms with Crippen LogP contribution < -0.4 is 0 Å². The summed E-state index contributed by atoms with van der Waals surface area (Å²) in [6.45, 7) is 0.318. The Morgan fingerprint density at radius 2 is 2.12 bits per heavy atom. The highest BCUT2D eigenvalue weighted by Crippen LogP contribution is 2.35. The Bertz CT molecular complexity index is 1490. The van der Waals surface area contributed by atoms with Gasteiger partial charge in [-0.15, -0.1) is 10.2 Å². The van der Waals surface area contributed by atoms with Crippen LogP contribution >= 0.6 is 0 Å². The van der Waals surface area contributed by atoms with Gasteiger partial charge in [0.2, 0.25) is 5.89 Å². The van der Waals surface area contributed by atoms with Gasteiger partial charge in [0, 0.05) is 31.1 Å². The third-order valence-electron chi connectivity index (χ3n) is 5.74. The van der Waals surface area contributed by atoms with Crippen LogP contribution in [0.1, 0.15) is 45.9 Å². The quantitative estimate of drug-likeness (QED) is 0.436. The van der Waals surface area contributed by atoms with Crippen LogP contribution in [0.4, 0.5) is 8.78 Å². The number of H-pyrrole nitrogens is 1. The first-order valence-corrected chi connectivity index (χ1v) is 10.4. The molecular formula is C22H16F2N8O2. The second-order valence-electron chi connectivity index (χ2n) is 7.73. The number of nitrogens with one attached hydrogen (secondary N) is 1. The average Bonchev–Trinajstić information content (AvgIpc) is 3.62. The zero-order valence-electron chi connectivity index (χ0n) is 17.5. The minimum atomic E-state index is -2.70. The van der Waals surface area contributed by atoms with E-state index in [1.807, 2.05) is 0 Å². The summed E-state index contributed by atoms with van der Waals surface area (Å²) in [4.78, 5) is 26.5. The second-order valence-corrected chi connectivity index (χ2v) is 7.73. The van der Waals surface area contributed by atoms with Crippen molar-refractivity contribution in [3.8, 4) is 11.5 Å². The molecule has 1 atom stereocenters. The lowest BCUT2D eigenvalue weighted by molar-refractivity contribution is 0.0646. The first kappa shape index (κ1) is 20.1. The van der Waals surface area contributed by atoms with E-state index in [2.05, 4.69) is 30.2 Å². The molecule has 6 rings (SSSR count). The number of aromatic amines is 1. The molecule has 1 aliphatic rings. The summed E-state index contributed by atoms with van der Waals surface area (Å²) >= 11 is 0. The van der Waals surface area contributed by atoms with Crippen LogP contribution in [0.3, 0.4) is 0 Å². The summed E-state index contributed by atoms with van der Waals surface area (Å²) in [6, 6.07) is 8.96. The maximum atomic E-state index is 13.5. The molecule has 0 unspecified atom stereocenters. The van der Waals surface area contributed by atoms with Gasteiger partial charge in [-0.2, -0.15) is 5.10 Å². The Kier molecular flexibility index (Phi) is 4.64. The molecule has 34 heavy (non-hydrogen) atoms. The normalized spacial score (nSPS) is 15.7. The fourth-order valence-corrected chi connectivity index (χ4v) is 4.19. The van der Waals surface area contributed by atoms with Gasteiger partial charge < -0.3 is 14.3 Å². The van der Waals surface area contributed by atoms with Crippen LogP contribution in [0.15, 0.2) is 59.5 Å². The molecule has 5 aromatic heterocycles. The minimum Gasteiger partial charge on any atom is -0.412 e. The minimum absolute atomic E-state index is 0.166. The highest BCUT2D eigenvalue weighted by atomic mass is 19.3. The van der Waals surface area contributed by atoms with Gasteiger partial charge in [-0.3, -0.25) is 9.78 Å². The van der Waals surface area contributed by atoms with Crippen LogP contribution in [-0.2, 0) is 6.42 Å². The van der Waals surface area contributed by atoms with Crippen LogP contribution in [0.25, 0.3) is 17.0 Å². The van der Waals surface area contributed by atoms with E-state index in [9.17, 15) is 13.6 Å². The van der Waals surface area contributed by atoms with E-state index < -0.39 is 18.4 Å². The third kappa shape index (κ3) is 3.22. The molecule has 0 aliphatic carbocycles. The van der Waals surface area contributed by atoms with Crippen molar-refractivity contribution in [2.75, 3.05) is 6.54 Å². The molecule has 0 fully saturated rings. The Morgan fingerprint density at radius 1 is 1.21 bits per heavy atom. The van der Waals surface area contributed by atoms with Crippen molar-refractivity contribution < 1.29 is 18.0 Å². The SMILES string of the molecule is O=C(c1nnc(-c2cccnc2)o1)N1CCc2[nH]cnc2[C@@H]1c1cc2cccc(C(F)F)n2n1. The number of fused-ring (bicyclic) bond motifs is 2. The number of carbonyl (C=O) groups excluding carboxylic acids is 1. The third-order valence-corrected chi connectivity index (χ3v) is 5.74. The summed E-state index contributed by atoms with van der Waals surface area (Å²) in [5.74, 6) is -0.535. The number of halogens is 2. The summed E-state index contributed by atoms with van der Waals surface area (Å²) < 4.78 is 33.9. The number of hydrogen-bond donors (Lipinski definition) is 1. The predicted octanol–water partition coefficient (Wildman–Crippen LogP) is 3.23. The maximum absolute atomic E-state index is 13.5. The van der Waals surface area contributed by atoms with Crippen LogP contribution in [0.5, 0.6) is 0 Å². The van der Waals surface area contributed by atoms with Gasteiger partial charge in [0.25, 0.3) is 6.43 Å². The number of imidazole rings is 1. The van der Waals surface area contributed by atoms with Crippen molar-refractivity contribution in [1.82, 2.24) is 39.7 Å². The van der Waals surface area contributed by atoms with E-state index in [0.29, 0.717) is 35.4 Å². The Morgan fingerprint density at radius 3 is 2.94 bits per heavy atom.